The number of nitrogens with zero attached hydrogens (tertiary/aromatic N) is 3. The number of aromatic nitrogens is 1. The van der Waals surface area contributed by atoms with Gasteiger partial charge in [-0.2, -0.15) is 5.26 Å². The summed E-state index contributed by atoms with van der Waals surface area (Å²) in [5.41, 5.74) is 2.07. The maximum Gasteiger partial charge on any atom is 0.0640 e. The predicted molar refractivity (Wildman–Crippen MR) is 65.2 cm³/mol. The molecular formula is C12H18N4. The van der Waals surface area contributed by atoms with Crippen LogP contribution in [0.4, 0.5) is 5.69 Å². The zero-order valence-corrected chi connectivity index (χ0v) is 10.1. The Morgan fingerprint density at radius 3 is 2.81 bits per heavy atom. The van der Waals surface area contributed by atoms with Gasteiger partial charge >= 0.3 is 0 Å². The van der Waals surface area contributed by atoms with Crippen molar-refractivity contribution >= 4 is 5.69 Å². The Balaban J connectivity index is 2.67. The molecule has 0 aliphatic rings. The highest BCUT2D eigenvalue weighted by atomic mass is 15.1. The second kappa shape index (κ2) is 6.09. The van der Waals surface area contributed by atoms with Crippen LogP contribution in [0.2, 0.25) is 0 Å². The molecule has 0 radical (unpaired) electrons. The van der Waals surface area contributed by atoms with Gasteiger partial charge in [-0.25, -0.2) is 0 Å². The van der Waals surface area contributed by atoms with E-state index in [-0.39, 0.29) is 6.04 Å². The first-order valence-electron chi connectivity index (χ1n) is 5.40. The van der Waals surface area contributed by atoms with Crippen LogP contribution in [0.5, 0.6) is 0 Å². The van der Waals surface area contributed by atoms with E-state index in [0.717, 1.165) is 17.9 Å². The third kappa shape index (κ3) is 3.21. The largest absolute Gasteiger partial charge is 0.372 e. The fourth-order valence-electron chi connectivity index (χ4n) is 1.37. The number of pyridine rings is 1. The fraction of sp³-hybridized carbons (Fsp3) is 0.500. The Kier molecular flexibility index (Phi) is 4.74. The first-order chi connectivity index (χ1) is 7.69. The van der Waals surface area contributed by atoms with Gasteiger partial charge in [0.15, 0.2) is 0 Å². The van der Waals surface area contributed by atoms with Gasteiger partial charge in [0.25, 0.3) is 0 Å². The van der Waals surface area contributed by atoms with Crippen LogP contribution in [0, 0.1) is 11.3 Å². The molecule has 1 rings (SSSR count). The molecular weight excluding hydrogens is 200 g/mol. The van der Waals surface area contributed by atoms with Gasteiger partial charge in [-0.1, -0.05) is 0 Å². The lowest BCUT2D eigenvalue weighted by molar-refractivity contribution is 0.633. The SMILES string of the molecule is CNC(C)c1ccc(N(C)CCC#N)cn1. The van der Waals surface area contributed by atoms with Gasteiger partial charge in [0.1, 0.15) is 0 Å². The summed E-state index contributed by atoms with van der Waals surface area (Å²) in [6, 6.07) is 6.45. The lowest BCUT2D eigenvalue weighted by Crippen LogP contribution is -2.19. The Morgan fingerprint density at radius 2 is 2.31 bits per heavy atom. The third-order valence-electron chi connectivity index (χ3n) is 2.65. The number of anilines is 1. The minimum atomic E-state index is 0.262. The molecule has 0 fully saturated rings. The molecule has 4 nitrogen and oxygen atoms in total. The Bertz CT molecular complexity index is 352. The van der Waals surface area contributed by atoms with E-state index in [0.29, 0.717) is 6.42 Å². The second-order valence-electron chi connectivity index (χ2n) is 3.78. The first kappa shape index (κ1) is 12.5. The van der Waals surface area contributed by atoms with E-state index in [2.05, 4.69) is 23.3 Å². The first-order valence-corrected chi connectivity index (χ1v) is 5.40. The van der Waals surface area contributed by atoms with Gasteiger partial charge in [0.2, 0.25) is 0 Å². The number of nitrogens with one attached hydrogen (secondary N) is 1. The lowest BCUT2D eigenvalue weighted by atomic mass is 10.2. The summed E-state index contributed by atoms with van der Waals surface area (Å²) in [7, 11) is 3.88. The molecule has 0 saturated carbocycles. The average Bonchev–Trinajstić information content (AvgIpc) is 2.35. The number of nitriles is 1. The standard InChI is InChI=1S/C12H18N4/c1-10(14-2)12-6-5-11(9-15-12)16(3)8-4-7-13/h5-6,9-10,14H,4,8H2,1-3H3. The van der Waals surface area contributed by atoms with Gasteiger partial charge < -0.3 is 10.2 Å². The van der Waals surface area contributed by atoms with Crippen LogP contribution in [-0.4, -0.2) is 25.6 Å². The normalized spacial score (nSPS) is 11.9. The smallest absolute Gasteiger partial charge is 0.0640 e. The summed E-state index contributed by atoms with van der Waals surface area (Å²) in [5, 5.41) is 11.7. The van der Waals surface area contributed by atoms with Crippen LogP contribution in [0.3, 0.4) is 0 Å². The maximum atomic E-state index is 8.51. The Hall–Kier alpha value is -1.60. The molecule has 16 heavy (non-hydrogen) atoms. The van der Waals surface area contributed by atoms with Crippen LogP contribution >= 0.6 is 0 Å². The van der Waals surface area contributed by atoms with Crippen molar-refractivity contribution < 1.29 is 0 Å². The van der Waals surface area contributed by atoms with E-state index in [9.17, 15) is 0 Å². The van der Waals surface area contributed by atoms with Crippen molar-refractivity contribution in [2.75, 3.05) is 25.5 Å². The quantitative estimate of drug-likeness (QED) is 0.817. The van der Waals surface area contributed by atoms with Gasteiger partial charge in [0, 0.05) is 19.6 Å². The summed E-state index contributed by atoms with van der Waals surface area (Å²) in [5.74, 6) is 0. The van der Waals surface area contributed by atoms with Crippen molar-refractivity contribution in [1.29, 1.82) is 5.26 Å². The van der Waals surface area contributed by atoms with E-state index in [4.69, 9.17) is 5.26 Å². The minimum Gasteiger partial charge on any atom is -0.372 e. The van der Waals surface area contributed by atoms with Crippen LogP contribution in [0.15, 0.2) is 18.3 Å². The third-order valence-corrected chi connectivity index (χ3v) is 2.65. The molecule has 1 aromatic rings. The van der Waals surface area contributed by atoms with E-state index in [1.807, 2.05) is 37.3 Å². The zero-order valence-electron chi connectivity index (χ0n) is 10.1. The molecule has 0 bridgehead atoms. The van der Waals surface area contributed by atoms with Crippen LogP contribution in [0.1, 0.15) is 25.1 Å². The molecule has 0 aliphatic heterocycles. The van der Waals surface area contributed by atoms with Crippen molar-refractivity contribution in [3.05, 3.63) is 24.0 Å². The maximum absolute atomic E-state index is 8.51. The molecule has 86 valence electrons. The zero-order chi connectivity index (χ0) is 12.0. The van der Waals surface area contributed by atoms with E-state index in [1.54, 1.807) is 0 Å². The highest BCUT2D eigenvalue weighted by Crippen LogP contribution is 2.15. The Morgan fingerprint density at radius 1 is 1.56 bits per heavy atom. The molecule has 4 heteroatoms. The van der Waals surface area contributed by atoms with E-state index in [1.165, 1.54) is 0 Å². The average molecular weight is 218 g/mol. The number of hydrogen-bond donors (Lipinski definition) is 1. The molecule has 1 heterocycles. The summed E-state index contributed by atoms with van der Waals surface area (Å²) in [4.78, 5) is 6.42. The molecule has 0 spiro atoms. The van der Waals surface area contributed by atoms with Crippen molar-refractivity contribution in [3.8, 4) is 6.07 Å². The molecule has 1 N–H and O–H groups in total. The van der Waals surface area contributed by atoms with Crippen LogP contribution in [0.25, 0.3) is 0 Å². The van der Waals surface area contributed by atoms with Crippen molar-refractivity contribution in [1.82, 2.24) is 10.3 Å². The van der Waals surface area contributed by atoms with Crippen molar-refractivity contribution in [3.63, 3.8) is 0 Å². The number of hydrogen-bond acceptors (Lipinski definition) is 4. The Labute approximate surface area is 96.9 Å². The molecule has 0 aromatic carbocycles. The molecule has 1 aromatic heterocycles. The van der Waals surface area contributed by atoms with Crippen LogP contribution in [-0.2, 0) is 0 Å². The monoisotopic (exact) mass is 218 g/mol. The summed E-state index contributed by atoms with van der Waals surface area (Å²) < 4.78 is 0. The summed E-state index contributed by atoms with van der Waals surface area (Å²) in [6.45, 7) is 2.81. The van der Waals surface area contributed by atoms with Gasteiger partial charge in [0.05, 0.1) is 30.1 Å². The molecule has 0 saturated heterocycles. The van der Waals surface area contributed by atoms with Crippen LogP contribution < -0.4 is 10.2 Å². The fourth-order valence-corrected chi connectivity index (χ4v) is 1.37. The summed E-state index contributed by atoms with van der Waals surface area (Å²) >= 11 is 0. The molecule has 0 aliphatic carbocycles. The highest BCUT2D eigenvalue weighted by molar-refractivity contribution is 5.43. The van der Waals surface area contributed by atoms with Crippen molar-refractivity contribution in [2.45, 2.75) is 19.4 Å². The number of rotatable bonds is 5. The molecule has 1 unspecified atom stereocenters. The van der Waals surface area contributed by atoms with E-state index >= 15 is 0 Å². The highest BCUT2D eigenvalue weighted by Gasteiger charge is 2.05. The van der Waals surface area contributed by atoms with Gasteiger partial charge in [-0.15, -0.1) is 0 Å². The predicted octanol–water partition coefficient (Wildman–Crippen LogP) is 1.71. The molecule has 1 atom stereocenters. The lowest BCUT2D eigenvalue weighted by Gasteiger charge is -2.18. The van der Waals surface area contributed by atoms with Crippen molar-refractivity contribution in [2.24, 2.45) is 0 Å². The second-order valence-corrected chi connectivity index (χ2v) is 3.78. The topological polar surface area (TPSA) is 52.0 Å². The van der Waals surface area contributed by atoms with Gasteiger partial charge in [-0.05, 0) is 26.1 Å². The van der Waals surface area contributed by atoms with E-state index < -0.39 is 0 Å². The molecule has 0 amide bonds. The summed E-state index contributed by atoms with van der Waals surface area (Å²) in [6.07, 6.45) is 2.38. The van der Waals surface area contributed by atoms with Gasteiger partial charge in [-0.3, -0.25) is 4.98 Å². The minimum absolute atomic E-state index is 0.262.